The van der Waals surface area contributed by atoms with Crippen LogP contribution in [0.1, 0.15) is 0 Å². The molecular weight excluding hydrogens is 751 g/mol. The second kappa shape index (κ2) is 14.0. The molecule has 4 nitrogen and oxygen atoms in total. The molecule has 0 N–H and O–H groups in total. The Morgan fingerprint density at radius 1 is 0.317 bits per heavy atom. The lowest BCUT2D eigenvalue weighted by molar-refractivity contribution is 0.670. The number of rotatable bonds is 6. The maximum Gasteiger partial charge on any atom is 0.164 e. The molecule has 0 aliphatic heterocycles. The summed E-state index contributed by atoms with van der Waals surface area (Å²) >= 11 is 1.82. The van der Waals surface area contributed by atoms with Gasteiger partial charge in [-0.25, -0.2) is 15.0 Å². The molecule has 5 heteroatoms. The third-order valence-electron chi connectivity index (χ3n) is 11.5. The smallest absolute Gasteiger partial charge is 0.164 e. The van der Waals surface area contributed by atoms with E-state index in [0.29, 0.717) is 17.5 Å². The second-order valence-electron chi connectivity index (χ2n) is 15.1. The van der Waals surface area contributed by atoms with Crippen LogP contribution >= 0.6 is 11.3 Å². The number of nitrogens with zero attached hydrogens (tertiary/aromatic N) is 3. The number of furan rings is 1. The Morgan fingerprint density at radius 2 is 0.917 bits per heavy atom. The Hall–Kier alpha value is -7.73. The fourth-order valence-electron chi connectivity index (χ4n) is 8.73. The summed E-state index contributed by atoms with van der Waals surface area (Å²) in [6.45, 7) is 0. The van der Waals surface area contributed by atoms with E-state index < -0.39 is 0 Å². The lowest BCUT2D eigenvalue weighted by Crippen LogP contribution is -2.00. The number of para-hydroxylation sites is 1. The fraction of sp³-hybridized carbons (Fsp3) is 0. The van der Waals surface area contributed by atoms with Crippen LogP contribution in [0.15, 0.2) is 205 Å². The van der Waals surface area contributed by atoms with Crippen molar-refractivity contribution in [3.8, 4) is 67.5 Å². The largest absolute Gasteiger partial charge is 0.455 e. The highest BCUT2D eigenvalue weighted by molar-refractivity contribution is 7.26. The fourth-order valence-corrected chi connectivity index (χ4v) is 9.92. The van der Waals surface area contributed by atoms with Gasteiger partial charge in [-0.2, -0.15) is 0 Å². The molecule has 0 bridgehead atoms. The molecule has 0 aliphatic rings. The number of hydrogen-bond acceptors (Lipinski definition) is 5. The van der Waals surface area contributed by atoms with Crippen molar-refractivity contribution < 1.29 is 4.42 Å². The number of hydrogen-bond donors (Lipinski definition) is 0. The molecule has 3 aromatic heterocycles. The Kier molecular flexibility index (Phi) is 8.00. The van der Waals surface area contributed by atoms with E-state index in [1.165, 1.54) is 47.8 Å². The highest BCUT2D eigenvalue weighted by Gasteiger charge is 2.21. The van der Waals surface area contributed by atoms with Crippen molar-refractivity contribution in [2.45, 2.75) is 0 Å². The minimum atomic E-state index is 0.608. The van der Waals surface area contributed by atoms with E-state index in [0.717, 1.165) is 55.1 Å². The molecule has 9 aromatic carbocycles. The molecule has 60 heavy (non-hydrogen) atoms. The van der Waals surface area contributed by atoms with E-state index in [1.807, 2.05) is 41.7 Å². The molecule has 0 spiro atoms. The maximum atomic E-state index is 6.54. The minimum Gasteiger partial charge on any atom is -0.455 e. The number of fused-ring (bicyclic) bond motifs is 8. The molecule has 280 valence electrons. The Bertz CT molecular complexity index is 3590. The van der Waals surface area contributed by atoms with Gasteiger partial charge in [-0.3, -0.25) is 0 Å². The van der Waals surface area contributed by atoms with E-state index in [2.05, 4.69) is 170 Å². The summed E-state index contributed by atoms with van der Waals surface area (Å²) in [5.41, 5.74) is 11.5. The van der Waals surface area contributed by atoms with Crippen molar-refractivity contribution in [3.63, 3.8) is 0 Å². The first-order valence-corrected chi connectivity index (χ1v) is 20.9. The highest BCUT2D eigenvalue weighted by atomic mass is 32.1. The van der Waals surface area contributed by atoms with Crippen LogP contribution < -0.4 is 0 Å². The van der Waals surface area contributed by atoms with Gasteiger partial charge in [0.15, 0.2) is 17.5 Å². The Labute approximate surface area is 349 Å². The van der Waals surface area contributed by atoms with E-state index in [-0.39, 0.29) is 0 Å². The third-order valence-corrected chi connectivity index (χ3v) is 12.6. The highest BCUT2D eigenvalue weighted by Crippen LogP contribution is 2.46. The average molecular weight is 784 g/mol. The summed E-state index contributed by atoms with van der Waals surface area (Å²) in [5, 5.41) is 6.86. The molecule has 0 fully saturated rings. The molecule has 0 amide bonds. The molecule has 12 aromatic rings. The van der Waals surface area contributed by atoms with Gasteiger partial charge in [0.2, 0.25) is 0 Å². The maximum absolute atomic E-state index is 6.54. The second-order valence-corrected chi connectivity index (χ2v) is 16.2. The third kappa shape index (κ3) is 5.70. The molecule has 0 radical (unpaired) electrons. The van der Waals surface area contributed by atoms with E-state index in [1.54, 1.807) is 0 Å². The van der Waals surface area contributed by atoms with Crippen molar-refractivity contribution in [3.05, 3.63) is 200 Å². The van der Waals surface area contributed by atoms with Gasteiger partial charge in [0, 0.05) is 53.2 Å². The van der Waals surface area contributed by atoms with Gasteiger partial charge in [0.1, 0.15) is 11.2 Å². The van der Waals surface area contributed by atoms with Gasteiger partial charge in [-0.15, -0.1) is 11.3 Å². The molecule has 0 aliphatic carbocycles. The molecule has 0 unspecified atom stereocenters. The van der Waals surface area contributed by atoms with Crippen LogP contribution in [0.4, 0.5) is 0 Å². The van der Waals surface area contributed by atoms with Gasteiger partial charge in [0.25, 0.3) is 0 Å². The molecule has 0 saturated carbocycles. The van der Waals surface area contributed by atoms with Crippen molar-refractivity contribution in [1.82, 2.24) is 15.0 Å². The first kappa shape index (κ1) is 34.3. The van der Waals surface area contributed by atoms with Crippen LogP contribution in [-0.2, 0) is 0 Å². The van der Waals surface area contributed by atoms with E-state index in [9.17, 15) is 0 Å². The van der Waals surface area contributed by atoms with Crippen LogP contribution in [0.3, 0.4) is 0 Å². The zero-order valence-electron chi connectivity index (χ0n) is 32.2. The molecular formula is C55H33N3OS. The van der Waals surface area contributed by atoms with E-state index in [4.69, 9.17) is 19.4 Å². The monoisotopic (exact) mass is 783 g/mol. The Morgan fingerprint density at radius 3 is 1.72 bits per heavy atom. The number of benzene rings is 9. The zero-order chi connectivity index (χ0) is 39.6. The molecule has 0 saturated heterocycles. The lowest BCUT2D eigenvalue weighted by Gasteiger charge is -2.12. The van der Waals surface area contributed by atoms with Crippen molar-refractivity contribution in [1.29, 1.82) is 0 Å². The predicted octanol–water partition coefficient (Wildman–Crippen LogP) is 15.3. The summed E-state index contributed by atoms with van der Waals surface area (Å²) in [6, 6.07) is 70.3. The Balaban J connectivity index is 1.06. The number of aromatic nitrogens is 3. The van der Waals surface area contributed by atoms with Gasteiger partial charge >= 0.3 is 0 Å². The molecule has 3 heterocycles. The lowest BCUT2D eigenvalue weighted by atomic mass is 9.92. The standard InChI is InChI=1S/C55H33N3OS/c1-4-15-34(16-5-1)37-21-12-22-38(31-37)45-33-49-50(42-24-11-10-23-41(42)45)51-44(27-14-28-48(51)60-49)55-57-53(36-19-8-3-9-20-36)56-54(58-55)39-29-30-47-46(32-39)43-26-13-25-40(52(43)59-47)35-17-6-2-7-18-35/h1-33H. The quantitative estimate of drug-likeness (QED) is 0.169. The van der Waals surface area contributed by atoms with Crippen LogP contribution in [0.5, 0.6) is 0 Å². The minimum absolute atomic E-state index is 0.608. The topological polar surface area (TPSA) is 51.8 Å². The summed E-state index contributed by atoms with van der Waals surface area (Å²) in [5.74, 6) is 1.87. The summed E-state index contributed by atoms with van der Waals surface area (Å²) in [4.78, 5) is 15.7. The number of thiophene rings is 1. The molecule has 0 atom stereocenters. The van der Waals surface area contributed by atoms with Gasteiger partial charge < -0.3 is 4.42 Å². The summed E-state index contributed by atoms with van der Waals surface area (Å²) in [6.07, 6.45) is 0. The normalized spacial score (nSPS) is 11.7. The predicted molar refractivity (Wildman–Crippen MR) is 250 cm³/mol. The van der Waals surface area contributed by atoms with Crippen molar-refractivity contribution >= 4 is 64.2 Å². The first-order valence-electron chi connectivity index (χ1n) is 20.1. The van der Waals surface area contributed by atoms with Crippen LogP contribution in [0.25, 0.3) is 120 Å². The average Bonchev–Trinajstić information content (AvgIpc) is 3.90. The first-order chi connectivity index (χ1) is 29.7. The zero-order valence-corrected chi connectivity index (χ0v) is 33.0. The van der Waals surface area contributed by atoms with Gasteiger partial charge in [-0.05, 0) is 75.0 Å². The summed E-state index contributed by atoms with van der Waals surface area (Å²) < 4.78 is 8.95. The van der Waals surface area contributed by atoms with Crippen molar-refractivity contribution in [2.24, 2.45) is 0 Å². The van der Waals surface area contributed by atoms with Crippen LogP contribution in [-0.4, -0.2) is 15.0 Å². The van der Waals surface area contributed by atoms with Gasteiger partial charge in [-0.1, -0.05) is 164 Å². The van der Waals surface area contributed by atoms with Crippen LogP contribution in [0, 0.1) is 0 Å². The van der Waals surface area contributed by atoms with Crippen molar-refractivity contribution in [2.75, 3.05) is 0 Å². The van der Waals surface area contributed by atoms with E-state index >= 15 is 0 Å². The SMILES string of the molecule is c1ccc(-c2cccc(-c3cc4sc5cccc(-c6nc(-c7ccccc7)nc(-c7ccc8oc9c(-c%10ccccc%10)cccc9c8c7)n6)c5c4c4ccccc34)c2)cc1. The molecule has 12 rings (SSSR count). The van der Waals surface area contributed by atoms with Crippen LogP contribution in [0.2, 0.25) is 0 Å². The summed E-state index contributed by atoms with van der Waals surface area (Å²) in [7, 11) is 0. The van der Waals surface area contributed by atoms with Gasteiger partial charge in [0.05, 0.1) is 0 Å².